The highest BCUT2D eigenvalue weighted by atomic mass is 19.1. The Morgan fingerprint density at radius 1 is 1.28 bits per heavy atom. The number of nitrogens with one attached hydrogen (secondary N) is 1. The van der Waals surface area contributed by atoms with Gasteiger partial charge in [0.2, 0.25) is 5.91 Å². The molecule has 1 amide bonds. The lowest BCUT2D eigenvalue weighted by molar-refractivity contribution is -0.126. The average molecular weight is 252 g/mol. The van der Waals surface area contributed by atoms with Crippen molar-refractivity contribution in [3.63, 3.8) is 0 Å². The van der Waals surface area contributed by atoms with Crippen LogP contribution >= 0.6 is 0 Å². The van der Waals surface area contributed by atoms with Crippen molar-refractivity contribution in [1.82, 2.24) is 0 Å². The molecular weight excluding hydrogens is 231 g/mol. The van der Waals surface area contributed by atoms with Crippen LogP contribution < -0.4 is 11.1 Å². The molecule has 0 aromatic heterocycles. The minimum absolute atomic E-state index is 0.180. The minimum Gasteiger partial charge on any atom is -0.326 e. The summed E-state index contributed by atoms with van der Waals surface area (Å²) in [4.78, 5) is 12.2. The Labute approximate surface area is 108 Å². The molecule has 0 spiro atoms. The van der Waals surface area contributed by atoms with Crippen molar-refractivity contribution >= 4 is 11.6 Å². The molecule has 1 aromatic rings. The van der Waals surface area contributed by atoms with Crippen LogP contribution in [0.25, 0.3) is 0 Å². The maximum Gasteiger partial charge on any atom is 0.231 e. The van der Waals surface area contributed by atoms with Gasteiger partial charge in [-0.2, -0.15) is 0 Å². The summed E-state index contributed by atoms with van der Waals surface area (Å²) in [6.07, 6.45) is 0. The first kappa shape index (κ1) is 14.6. The van der Waals surface area contributed by atoms with Gasteiger partial charge < -0.3 is 11.1 Å². The van der Waals surface area contributed by atoms with Crippen LogP contribution in [0.4, 0.5) is 10.1 Å². The SMILES string of the molecule is Cc1cc(NC(=O)C(C)(C)C(C)(C)N)ccc1F. The van der Waals surface area contributed by atoms with Crippen LogP contribution in [0.5, 0.6) is 0 Å². The Hall–Kier alpha value is -1.42. The monoisotopic (exact) mass is 252 g/mol. The topological polar surface area (TPSA) is 55.1 Å². The van der Waals surface area contributed by atoms with Gasteiger partial charge in [0.05, 0.1) is 5.41 Å². The van der Waals surface area contributed by atoms with Gasteiger partial charge in [0.25, 0.3) is 0 Å². The molecule has 100 valence electrons. The maximum atomic E-state index is 13.1. The molecule has 0 aliphatic carbocycles. The number of hydrogen-bond donors (Lipinski definition) is 2. The fourth-order valence-corrected chi connectivity index (χ4v) is 1.30. The second-order valence-electron chi connectivity index (χ2n) is 5.76. The van der Waals surface area contributed by atoms with E-state index in [2.05, 4.69) is 5.32 Å². The molecule has 1 aromatic carbocycles. The summed E-state index contributed by atoms with van der Waals surface area (Å²) < 4.78 is 13.1. The van der Waals surface area contributed by atoms with Gasteiger partial charge >= 0.3 is 0 Å². The van der Waals surface area contributed by atoms with Gasteiger partial charge in [0.15, 0.2) is 0 Å². The van der Waals surface area contributed by atoms with Gasteiger partial charge in [-0.05, 0) is 58.4 Å². The minimum atomic E-state index is -0.727. The Balaban J connectivity index is 2.91. The third kappa shape index (κ3) is 2.88. The van der Waals surface area contributed by atoms with Crippen LogP contribution in [-0.4, -0.2) is 11.4 Å². The van der Waals surface area contributed by atoms with E-state index in [0.29, 0.717) is 11.3 Å². The summed E-state index contributed by atoms with van der Waals surface area (Å²) >= 11 is 0. The summed E-state index contributed by atoms with van der Waals surface area (Å²) in [6.45, 7) is 8.85. The maximum absolute atomic E-state index is 13.1. The summed E-state index contributed by atoms with van der Waals surface area (Å²) in [5, 5.41) is 2.77. The van der Waals surface area contributed by atoms with E-state index in [1.54, 1.807) is 32.9 Å². The molecule has 0 heterocycles. The van der Waals surface area contributed by atoms with Gasteiger partial charge in [-0.15, -0.1) is 0 Å². The highest BCUT2D eigenvalue weighted by Crippen LogP contribution is 2.30. The summed E-state index contributed by atoms with van der Waals surface area (Å²) in [7, 11) is 0. The molecule has 0 bridgehead atoms. The molecule has 0 aliphatic heterocycles. The summed E-state index contributed by atoms with van der Waals surface area (Å²) in [6, 6.07) is 4.48. The van der Waals surface area contributed by atoms with E-state index in [4.69, 9.17) is 5.73 Å². The zero-order valence-corrected chi connectivity index (χ0v) is 11.6. The van der Waals surface area contributed by atoms with Crippen molar-refractivity contribution in [2.45, 2.75) is 40.2 Å². The van der Waals surface area contributed by atoms with Crippen LogP contribution in [0.2, 0.25) is 0 Å². The molecule has 0 saturated carbocycles. The van der Waals surface area contributed by atoms with Crippen molar-refractivity contribution in [3.05, 3.63) is 29.6 Å². The Morgan fingerprint density at radius 2 is 1.83 bits per heavy atom. The first-order valence-electron chi connectivity index (χ1n) is 5.92. The molecular formula is C14H21FN2O. The van der Waals surface area contributed by atoms with Crippen molar-refractivity contribution < 1.29 is 9.18 Å². The third-order valence-electron chi connectivity index (χ3n) is 3.59. The Kier molecular flexibility index (Phi) is 3.81. The first-order chi connectivity index (χ1) is 8.05. The Morgan fingerprint density at radius 3 is 2.28 bits per heavy atom. The quantitative estimate of drug-likeness (QED) is 0.869. The fourth-order valence-electron chi connectivity index (χ4n) is 1.30. The van der Waals surface area contributed by atoms with Crippen LogP contribution in [0.3, 0.4) is 0 Å². The predicted molar refractivity (Wildman–Crippen MR) is 71.8 cm³/mol. The van der Waals surface area contributed by atoms with Crippen LogP contribution in [0.1, 0.15) is 33.3 Å². The molecule has 0 radical (unpaired) electrons. The predicted octanol–water partition coefficient (Wildman–Crippen LogP) is 2.84. The molecule has 0 unspecified atom stereocenters. The van der Waals surface area contributed by atoms with E-state index in [0.717, 1.165) is 0 Å². The molecule has 0 aliphatic rings. The number of nitrogens with two attached hydrogens (primary N) is 1. The van der Waals surface area contributed by atoms with Crippen molar-refractivity contribution in [1.29, 1.82) is 0 Å². The molecule has 3 N–H and O–H groups in total. The molecule has 0 saturated heterocycles. The smallest absolute Gasteiger partial charge is 0.231 e. The second-order valence-corrected chi connectivity index (χ2v) is 5.76. The third-order valence-corrected chi connectivity index (χ3v) is 3.59. The van der Waals surface area contributed by atoms with E-state index in [-0.39, 0.29) is 11.7 Å². The van der Waals surface area contributed by atoms with Gasteiger partial charge in [0.1, 0.15) is 5.82 Å². The largest absolute Gasteiger partial charge is 0.326 e. The molecule has 0 fully saturated rings. The van der Waals surface area contributed by atoms with Crippen molar-refractivity contribution in [2.24, 2.45) is 11.1 Å². The second kappa shape index (κ2) is 4.69. The number of halogens is 1. The van der Waals surface area contributed by atoms with E-state index in [1.165, 1.54) is 6.07 Å². The number of rotatable bonds is 3. The fraction of sp³-hybridized carbons (Fsp3) is 0.500. The van der Waals surface area contributed by atoms with Gasteiger partial charge in [-0.25, -0.2) is 4.39 Å². The van der Waals surface area contributed by atoms with Gasteiger partial charge in [-0.1, -0.05) is 0 Å². The van der Waals surface area contributed by atoms with Crippen LogP contribution in [0, 0.1) is 18.2 Å². The number of aryl methyl sites for hydroxylation is 1. The summed E-state index contributed by atoms with van der Waals surface area (Å²) in [5.74, 6) is -0.465. The average Bonchev–Trinajstić information content (AvgIpc) is 2.21. The van der Waals surface area contributed by atoms with Crippen LogP contribution in [0.15, 0.2) is 18.2 Å². The highest BCUT2D eigenvalue weighted by molar-refractivity contribution is 5.95. The van der Waals surface area contributed by atoms with E-state index < -0.39 is 11.0 Å². The molecule has 0 atom stereocenters. The number of carbonyl (C=O) groups excluding carboxylic acids is 1. The highest BCUT2D eigenvalue weighted by Gasteiger charge is 2.40. The molecule has 18 heavy (non-hydrogen) atoms. The van der Waals surface area contributed by atoms with E-state index in [9.17, 15) is 9.18 Å². The number of benzene rings is 1. The van der Waals surface area contributed by atoms with Gasteiger partial charge in [-0.3, -0.25) is 4.79 Å². The lowest BCUT2D eigenvalue weighted by Crippen LogP contribution is -2.53. The number of carbonyl (C=O) groups is 1. The van der Waals surface area contributed by atoms with E-state index >= 15 is 0 Å². The van der Waals surface area contributed by atoms with E-state index in [1.807, 2.05) is 13.8 Å². The summed E-state index contributed by atoms with van der Waals surface area (Å²) in [5.41, 5.74) is 5.71. The number of amides is 1. The molecule has 4 heteroatoms. The number of hydrogen-bond acceptors (Lipinski definition) is 2. The lowest BCUT2D eigenvalue weighted by Gasteiger charge is -2.36. The first-order valence-corrected chi connectivity index (χ1v) is 5.92. The van der Waals surface area contributed by atoms with Crippen LogP contribution in [-0.2, 0) is 4.79 Å². The molecule has 1 rings (SSSR count). The zero-order valence-electron chi connectivity index (χ0n) is 11.6. The standard InChI is InChI=1S/C14H21FN2O/c1-9-8-10(6-7-11(9)15)17-12(18)13(2,3)14(4,5)16/h6-8H,16H2,1-5H3,(H,17,18). The lowest BCUT2D eigenvalue weighted by atomic mass is 9.74. The number of anilines is 1. The van der Waals surface area contributed by atoms with Crippen molar-refractivity contribution in [2.75, 3.05) is 5.32 Å². The van der Waals surface area contributed by atoms with Gasteiger partial charge in [0, 0.05) is 11.2 Å². The normalized spacial score (nSPS) is 12.4. The van der Waals surface area contributed by atoms with Crippen molar-refractivity contribution in [3.8, 4) is 0 Å². The molecule has 3 nitrogen and oxygen atoms in total. The Bertz CT molecular complexity index is 461. The zero-order chi connectivity index (χ0) is 14.1.